The molecule has 1 aromatic heterocycles. The Bertz CT molecular complexity index is 976. The average molecular weight is 364 g/mol. The Hall–Kier alpha value is -3.15. The highest BCUT2D eigenvalue weighted by Crippen LogP contribution is 2.29. The van der Waals surface area contributed by atoms with E-state index in [1.54, 1.807) is 0 Å². The molecule has 3 N–H and O–H groups in total. The van der Waals surface area contributed by atoms with E-state index in [1.165, 1.54) is 0 Å². The van der Waals surface area contributed by atoms with Crippen molar-refractivity contribution in [2.45, 2.75) is 33.2 Å². The zero-order chi connectivity index (χ0) is 19.6. The highest BCUT2D eigenvalue weighted by atomic mass is 16.5. The lowest BCUT2D eigenvalue weighted by atomic mass is 10.0. The number of benzene rings is 2. The van der Waals surface area contributed by atoms with Crippen molar-refractivity contribution in [3.8, 4) is 17.0 Å². The van der Waals surface area contributed by atoms with E-state index in [2.05, 4.69) is 15.3 Å². The fraction of sp³-hybridized carbons (Fsp3) is 0.286. The van der Waals surface area contributed by atoms with Gasteiger partial charge in [0.2, 0.25) is 11.8 Å². The molecule has 0 saturated heterocycles. The van der Waals surface area contributed by atoms with Gasteiger partial charge < -0.3 is 15.8 Å². The zero-order valence-electron chi connectivity index (χ0n) is 16.0. The number of anilines is 1. The predicted octanol–water partition coefficient (Wildman–Crippen LogP) is 3.81. The monoisotopic (exact) mass is 364 g/mol. The van der Waals surface area contributed by atoms with Gasteiger partial charge in [-0.15, -0.1) is 0 Å². The first-order valence-corrected chi connectivity index (χ1v) is 8.90. The molecule has 0 fully saturated rings. The van der Waals surface area contributed by atoms with Crippen molar-refractivity contribution >= 4 is 22.8 Å². The molecular formula is C21H24N4O2. The van der Waals surface area contributed by atoms with E-state index < -0.39 is 0 Å². The van der Waals surface area contributed by atoms with Crippen LogP contribution in [0.2, 0.25) is 0 Å². The summed E-state index contributed by atoms with van der Waals surface area (Å²) in [6.07, 6.45) is 0. The summed E-state index contributed by atoms with van der Waals surface area (Å²) in [5.41, 5.74) is 8.81. The molecule has 140 valence electrons. The normalized spacial score (nSPS) is 11.4. The molecule has 0 aliphatic carbocycles. The van der Waals surface area contributed by atoms with Crippen LogP contribution in [0.5, 0.6) is 5.88 Å². The number of nitrogens with two attached hydrogens (primary N) is 1. The van der Waals surface area contributed by atoms with Crippen molar-refractivity contribution in [1.82, 2.24) is 15.3 Å². The number of nitrogen functional groups attached to an aromatic ring is 1. The van der Waals surface area contributed by atoms with Gasteiger partial charge in [0, 0.05) is 11.1 Å². The molecule has 3 rings (SSSR count). The van der Waals surface area contributed by atoms with E-state index in [-0.39, 0.29) is 17.4 Å². The van der Waals surface area contributed by atoms with Crippen LogP contribution in [0.3, 0.4) is 0 Å². The van der Waals surface area contributed by atoms with Gasteiger partial charge >= 0.3 is 0 Å². The molecule has 0 saturated carbocycles. The van der Waals surface area contributed by atoms with Crippen molar-refractivity contribution in [1.29, 1.82) is 0 Å². The lowest BCUT2D eigenvalue weighted by Gasteiger charge is -2.20. The number of carbonyl (C=O) groups is 1. The molecule has 6 heteroatoms. The number of nitrogens with zero attached hydrogens (tertiary/aromatic N) is 2. The van der Waals surface area contributed by atoms with Gasteiger partial charge in [0.05, 0.1) is 17.5 Å². The molecule has 0 radical (unpaired) electrons. The van der Waals surface area contributed by atoms with Gasteiger partial charge in [-0.3, -0.25) is 4.79 Å². The molecule has 3 aromatic rings. The van der Waals surface area contributed by atoms with Crippen molar-refractivity contribution in [2.75, 3.05) is 12.3 Å². The SMILES string of the molecule is CCOc1nc(N)nc2ccc(-c3ccc(C(=O)NC(C)(C)C)cc3)cc12. The van der Waals surface area contributed by atoms with Crippen LogP contribution in [0.15, 0.2) is 42.5 Å². The number of hydrogen-bond donors (Lipinski definition) is 2. The second-order valence-electron chi connectivity index (χ2n) is 7.33. The van der Waals surface area contributed by atoms with Crippen LogP contribution in [0.1, 0.15) is 38.1 Å². The summed E-state index contributed by atoms with van der Waals surface area (Å²) in [4.78, 5) is 20.7. The quantitative estimate of drug-likeness (QED) is 0.735. The molecule has 1 amide bonds. The van der Waals surface area contributed by atoms with Crippen molar-refractivity contribution in [3.05, 3.63) is 48.0 Å². The van der Waals surface area contributed by atoms with E-state index in [4.69, 9.17) is 10.5 Å². The average Bonchev–Trinajstić information content (AvgIpc) is 2.60. The van der Waals surface area contributed by atoms with Crippen molar-refractivity contribution in [3.63, 3.8) is 0 Å². The van der Waals surface area contributed by atoms with Crippen LogP contribution in [-0.2, 0) is 0 Å². The molecular weight excluding hydrogens is 340 g/mol. The second kappa shape index (κ2) is 7.23. The van der Waals surface area contributed by atoms with E-state index in [9.17, 15) is 4.79 Å². The third-order valence-electron chi connectivity index (χ3n) is 3.93. The smallest absolute Gasteiger partial charge is 0.251 e. The molecule has 0 aliphatic rings. The Balaban J connectivity index is 1.94. The van der Waals surface area contributed by atoms with Crippen molar-refractivity contribution < 1.29 is 9.53 Å². The van der Waals surface area contributed by atoms with Crippen LogP contribution < -0.4 is 15.8 Å². The summed E-state index contributed by atoms with van der Waals surface area (Å²) < 4.78 is 5.60. The molecule has 0 atom stereocenters. The molecule has 0 bridgehead atoms. The Morgan fingerprint density at radius 1 is 1.07 bits per heavy atom. The van der Waals surface area contributed by atoms with Gasteiger partial charge in [-0.1, -0.05) is 18.2 Å². The third kappa shape index (κ3) is 4.34. The van der Waals surface area contributed by atoms with Crippen LogP contribution in [0.25, 0.3) is 22.0 Å². The summed E-state index contributed by atoms with van der Waals surface area (Å²) in [5.74, 6) is 0.575. The van der Waals surface area contributed by atoms with Gasteiger partial charge in [0.1, 0.15) is 0 Å². The minimum atomic E-state index is -0.272. The molecule has 27 heavy (non-hydrogen) atoms. The van der Waals surface area contributed by atoms with Crippen LogP contribution in [0.4, 0.5) is 5.95 Å². The van der Waals surface area contributed by atoms with Gasteiger partial charge in [-0.25, -0.2) is 4.98 Å². The summed E-state index contributed by atoms with van der Waals surface area (Å²) >= 11 is 0. The minimum absolute atomic E-state index is 0.0879. The first kappa shape index (κ1) is 18.6. The Morgan fingerprint density at radius 2 is 1.74 bits per heavy atom. The summed E-state index contributed by atoms with van der Waals surface area (Å²) in [7, 11) is 0. The third-order valence-corrected chi connectivity index (χ3v) is 3.93. The first-order chi connectivity index (χ1) is 12.8. The Labute approximate surface area is 158 Å². The maximum absolute atomic E-state index is 12.3. The van der Waals surface area contributed by atoms with Crippen LogP contribution in [-0.4, -0.2) is 28.0 Å². The highest BCUT2D eigenvalue weighted by molar-refractivity contribution is 5.95. The second-order valence-corrected chi connectivity index (χ2v) is 7.33. The largest absolute Gasteiger partial charge is 0.477 e. The number of nitrogens with one attached hydrogen (secondary N) is 1. The number of hydrogen-bond acceptors (Lipinski definition) is 5. The van der Waals surface area contributed by atoms with E-state index in [0.29, 0.717) is 18.1 Å². The standard InChI is InChI=1S/C21H24N4O2/c1-5-27-19-16-12-15(10-11-17(16)23-20(22)24-19)13-6-8-14(9-7-13)18(26)25-21(2,3)4/h6-12H,5H2,1-4H3,(H,25,26)(H2,22,23,24). The van der Waals surface area contributed by atoms with Crippen LogP contribution in [0, 0.1) is 0 Å². The number of amides is 1. The number of carbonyl (C=O) groups excluding carboxylic acids is 1. The maximum atomic E-state index is 12.3. The zero-order valence-corrected chi connectivity index (χ0v) is 16.0. The van der Waals surface area contributed by atoms with Gasteiger partial charge in [0.25, 0.3) is 5.91 Å². The lowest BCUT2D eigenvalue weighted by molar-refractivity contribution is 0.0919. The first-order valence-electron chi connectivity index (χ1n) is 8.90. The Morgan fingerprint density at radius 3 is 2.37 bits per heavy atom. The lowest BCUT2D eigenvalue weighted by Crippen LogP contribution is -2.40. The minimum Gasteiger partial charge on any atom is -0.477 e. The molecule has 1 heterocycles. The summed E-state index contributed by atoms with van der Waals surface area (Å²) in [5, 5.41) is 3.77. The molecule has 0 spiro atoms. The van der Waals surface area contributed by atoms with E-state index in [0.717, 1.165) is 22.0 Å². The topological polar surface area (TPSA) is 90.1 Å². The van der Waals surface area contributed by atoms with Gasteiger partial charge in [0.15, 0.2) is 0 Å². The van der Waals surface area contributed by atoms with Gasteiger partial charge in [-0.05, 0) is 63.1 Å². The molecule has 2 aromatic carbocycles. The predicted molar refractivity (Wildman–Crippen MR) is 108 cm³/mol. The maximum Gasteiger partial charge on any atom is 0.251 e. The highest BCUT2D eigenvalue weighted by Gasteiger charge is 2.15. The van der Waals surface area contributed by atoms with Crippen molar-refractivity contribution in [2.24, 2.45) is 0 Å². The fourth-order valence-corrected chi connectivity index (χ4v) is 2.77. The fourth-order valence-electron chi connectivity index (χ4n) is 2.77. The number of rotatable bonds is 4. The molecule has 0 unspecified atom stereocenters. The van der Waals surface area contributed by atoms with Crippen LogP contribution >= 0.6 is 0 Å². The molecule has 0 aliphatic heterocycles. The number of fused-ring (bicyclic) bond motifs is 1. The van der Waals surface area contributed by atoms with Gasteiger partial charge in [-0.2, -0.15) is 4.98 Å². The Kier molecular flexibility index (Phi) is 4.99. The summed E-state index contributed by atoms with van der Waals surface area (Å²) in [6.45, 7) is 8.26. The molecule has 6 nitrogen and oxygen atoms in total. The number of aromatic nitrogens is 2. The van der Waals surface area contributed by atoms with E-state index in [1.807, 2.05) is 70.2 Å². The number of ether oxygens (including phenoxy) is 1. The summed E-state index contributed by atoms with van der Waals surface area (Å²) in [6, 6.07) is 13.3. The van der Waals surface area contributed by atoms with E-state index >= 15 is 0 Å².